The van der Waals surface area contributed by atoms with Crippen molar-refractivity contribution in [3.63, 3.8) is 0 Å². The zero-order chi connectivity index (χ0) is 14.2. The first-order valence-corrected chi connectivity index (χ1v) is 8.88. The second-order valence-electron chi connectivity index (χ2n) is 3.82. The highest BCUT2D eigenvalue weighted by Gasteiger charge is 2.40. The molecule has 1 aromatic rings. The Kier molecular flexibility index (Phi) is 4.46. The first-order valence-electron chi connectivity index (χ1n) is 5.11. The summed E-state index contributed by atoms with van der Waals surface area (Å²) in [5.74, 6) is -0.796. The van der Waals surface area contributed by atoms with E-state index in [0.29, 0.717) is 4.47 Å². The van der Waals surface area contributed by atoms with Crippen LogP contribution in [0.5, 0.6) is 0 Å². The van der Waals surface area contributed by atoms with E-state index in [2.05, 4.69) is 15.9 Å². The number of thioether (sulfide) groups is 1. The molecule has 0 aromatic heterocycles. The summed E-state index contributed by atoms with van der Waals surface area (Å²) in [5.41, 5.74) is 0. The van der Waals surface area contributed by atoms with Gasteiger partial charge in [0.05, 0.1) is 10.9 Å². The lowest BCUT2D eigenvalue weighted by Gasteiger charge is -2.20. The van der Waals surface area contributed by atoms with E-state index >= 15 is 0 Å². The Morgan fingerprint density at radius 2 is 2.21 bits per heavy atom. The Bertz CT molecular complexity index is 622. The zero-order valence-electron chi connectivity index (χ0n) is 9.42. The highest BCUT2D eigenvalue weighted by molar-refractivity contribution is 9.10. The van der Waals surface area contributed by atoms with Crippen molar-refractivity contribution in [3.8, 4) is 0 Å². The second-order valence-corrected chi connectivity index (χ2v) is 8.00. The minimum atomic E-state index is -3.90. The predicted molar refractivity (Wildman–Crippen MR) is 76.9 cm³/mol. The Balaban J connectivity index is 2.45. The van der Waals surface area contributed by atoms with Gasteiger partial charge in [-0.25, -0.2) is 8.42 Å². The fraction of sp³-hybridized carbons (Fsp3) is 0.300. The molecule has 5 nitrogen and oxygen atoms in total. The molecular weight excluding hydrogens is 378 g/mol. The number of aliphatic carboxylic acids is 1. The van der Waals surface area contributed by atoms with Crippen LogP contribution in [0.4, 0.5) is 0 Å². The second kappa shape index (κ2) is 5.61. The minimum Gasteiger partial charge on any atom is -0.480 e. The molecule has 0 bridgehead atoms. The van der Waals surface area contributed by atoms with Crippen LogP contribution in [0.25, 0.3) is 0 Å². The van der Waals surface area contributed by atoms with Crippen molar-refractivity contribution >= 4 is 55.3 Å². The maximum absolute atomic E-state index is 12.4. The maximum atomic E-state index is 12.4. The van der Waals surface area contributed by atoms with Crippen LogP contribution < -0.4 is 0 Å². The van der Waals surface area contributed by atoms with Crippen LogP contribution in [-0.4, -0.2) is 41.5 Å². The van der Waals surface area contributed by atoms with Crippen molar-refractivity contribution < 1.29 is 18.3 Å². The monoisotopic (exact) mass is 385 g/mol. The highest BCUT2D eigenvalue weighted by atomic mass is 79.9. The van der Waals surface area contributed by atoms with Crippen molar-refractivity contribution in [2.45, 2.75) is 10.9 Å². The van der Waals surface area contributed by atoms with Gasteiger partial charge in [-0.2, -0.15) is 4.31 Å². The third kappa shape index (κ3) is 2.92. The molecule has 1 saturated heterocycles. The lowest BCUT2D eigenvalue weighted by atomic mass is 10.4. The summed E-state index contributed by atoms with van der Waals surface area (Å²) in [5, 5.41) is 9.11. The number of rotatable bonds is 3. The molecule has 19 heavy (non-hydrogen) atoms. The van der Waals surface area contributed by atoms with Crippen molar-refractivity contribution in [3.05, 3.63) is 27.7 Å². The van der Waals surface area contributed by atoms with E-state index in [1.54, 1.807) is 6.07 Å². The van der Waals surface area contributed by atoms with Gasteiger partial charge in [0.1, 0.15) is 10.9 Å². The van der Waals surface area contributed by atoms with Crippen LogP contribution in [0.2, 0.25) is 5.02 Å². The van der Waals surface area contributed by atoms with E-state index in [9.17, 15) is 13.2 Å². The summed E-state index contributed by atoms with van der Waals surface area (Å²) in [6.45, 7) is 0. The Morgan fingerprint density at radius 1 is 1.53 bits per heavy atom. The lowest BCUT2D eigenvalue weighted by Crippen LogP contribution is -2.41. The summed E-state index contributed by atoms with van der Waals surface area (Å²) < 4.78 is 26.5. The molecule has 2 rings (SSSR count). The molecule has 9 heteroatoms. The van der Waals surface area contributed by atoms with E-state index in [-0.39, 0.29) is 21.5 Å². The Hall–Kier alpha value is -0.280. The average molecular weight is 387 g/mol. The van der Waals surface area contributed by atoms with Gasteiger partial charge in [0.25, 0.3) is 0 Å². The van der Waals surface area contributed by atoms with Gasteiger partial charge in [-0.15, -0.1) is 11.8 Å². The third-order valence-electron chi connectivity index (χ3n) is 2.61. The van der Waals surface area contributed by atoms with Crippen LogP contribution in [0, 0.1) is 0 Å². The molecule has 0 aliphatic carbocycles. The van der Waals surface area contributed by atoms with Crippen LogP contribution in [0.1, 0.15) is 0 Å². The molecule has 0 amide bonds. The number of carboxylic acids is 1. The topological polar surface area (TPSA) is 74.7 Å². The Labute approximate surface area is 128 Å². The molecule has 0 unspecified atom stereocenters. The van der Waals surface area contributed by atoms with Crippen molar-refractivity contribution in [2.75, 3.05) is 11.6 Å². The number of carboxylic acid groups (broad SMARTS) is 1. The molecule has 0 radical (unpaired) electrons. The normalized spacial score (nSPS) is 20.6. The summed E-state index contributed by atoms with van der Waals surface area (Å²) in [4.78, 5) is 11.0. The average Bonchev–Trinajstić information content (AvgIpc) is 2.77. The van der Waals surface area contributed by atoms with Crippen molar-refractivity contribution in [1.29, 1.82) is 0 Å². The number of nitrogens with zero attached hydrogens (tertiary/aromatic N) is 1. The highest BCUT2D eigenvalue weighted by Crippen LogP contribution is 2.32. The minimum absolute atomic E-state index is 0.0652. The summed E-state index contributed by atoms with van der Waals surface area (Å²) in [7, 11) is -3.90. The molecular formula is C10H9BrClNO4S2. The van der Waals surface area contributed by atoms with Gasteiger partial charge >= 0.3 is 5.97 Å². The number of carbonyl (C=O) groups is 1. The quantitative estimate of drug-likeness (QED) is 0.862. The van der Waals surface area contributed by atoms with E-state index < -0.39 is 22.0 Å². The molecule has 104 valence electrons. The van der Waals surface area contributed by atoms with E-state index in [1.807, 2.05) is 0 Å². The number of halogens is 2. The van der Waals surface area contributed by atoms with Gasteiger partial charge in [-0.3, -0.25) is 4.79 Å². The first-order chi connectivity index (χ1) is 8.84. The number of sulfonamides is 1. The van der Waals surface area contributed by atoms with Crippen LogP contribution in [0.15, 0.2) is 27.6 Å². The first kappa shape index (κ1) is 15.1. The summed E-state index contributed by atoms with van der Waals surface area (Å²) in [6.07, 6.45) is 0. The predicted octanol–water partition coefficient (Wildman–Crippen LogP) is 2.25. The summed E-state index contributed by atoms with van der Waals surface area (Å²) in [6, 6.07) is 3.34. The van der Waals surface area contributed by atoms with Crippen LogP contribution in [-0.2, 0) is 14.8 Å². The molecule has 1 aromatic carbocycles. The molecule has 1 aliphatic rings. The fourth-order valence-corrected chi connectivity index (χ4v) is 5.82. The standard InChI is InChI=1S/C10H9BrClNO4S2/c11-6-1-2-9(7(12)3-6)19(16,17)13-5-18-4-8(13)10(14)15/h1-3,8H,4-5H2,(H,14,15)/t8-/m0/s1. The number of hydrogen-bond acceptors (Lipinski definition) is 4. The van der Waals surface area contributed by atoms with Gasteiger partial charge < -0.3 is 5.11 Å². The van der Waals surface area contributed by atoms with Gasteiger partial charge in [0.15, 0.2) is 0 Å². The van der Waals surface area contributed by atoms with Crippen LogP contribution >= 0.6 is 39.3 Å². The zero-order valence-corrected chi connectivity index (χ0v) is 13.4. The van der Waals surface area contributed by atoms with E-state index in [0.717, 1.165) is 4.31 Å². The third-order valence-corrected chi connectivity index (χ3v) is 6.61. The van der Waals surface area contributed by atoms with Gasteiger partial charge in [0, 0.05) is 10.2 Å². The van der Waals surface area contributed by atoms with Crippen molar-refractivity contribution in [1.82, 2.24) is 4.31 Å². The van der Waals surface area contributed by atoms with E-state index in [4.69, 9.17) is 16.7 Å². The van der Waals surface area contributed by atoms with Crippen LogP contribution in [0.3, 0.4) is 0 Å². The molecule has 1 fully saturated rings. The molecule has 0 spiro atoms. The summed E-state index contributed by atoms with van der Waals surface area (Å²) >= 11 is 10.4. The number of hydrogen-bond donors (Lipinski definition) is 1. The smallest absolute Gasteiger partial charge is 0.322 e. The molecule has 1 atom stereocenters. The van der Waals surface area contributed by atoms with E-state index in [1.165, 1.54) is 23.9 Å². The largest absolute Gasteiger partial charge is 0.480 e. The SMILES string of the molecule is O=C(O)[C@@H]1CSCN1S(=O)(=O)c1ccc(Br)cc1Cl. The van der Waals surface area contributed by atoms with Gasteiger partial charge in [0.2, 0.25) is 10.0 Å². The fourth-order valence-electron chi connectivity index (χ4n) is 1.67. The molecule has 1 N–H and O–H groups in total. The van der Waals surface area contributed by atoms with Gasteiger partial charge in [-0.05, 0) is 18.2 Å². The Morgan fingerprint density at radius 3 is 2.79 bits per heavy atom. The maximum Gasteiger partial charge on any atom is 0.322 e. The van der Waals surface area contributed by atoms with Gasteiger partial charge in [-0.1, -0.05) is 27.5 Å². The molecule has 1 heterocycles. The van der Waals surface area contributed by atoms with Crippen molar-refractivity contribution in [2.24, 2.45) is 0 Å². The molecule has 1 aliphatic heterocycles. The lowest BCUT2D eigenvalue weighted by molar-refractivity contribution is -0.140. The molecule has 0 saturated carbocycles. The number of benzene rings is 1.